The Labute approximate surface area is 92.3 Å². The Kier molecular flexibility index (Phi) is 3.86. The van der Waals surface area contributed by atoms with Crippen molar-refractivity contribution in [3.05, 3.63) is 26.8 Å². The number of hydrogen-bond donors (Lipinski definition) is 0. The molecular formula is C10H15BrN2O. The first-order valence-corrected chi connectivity index (χ1v) is 5.57. The fourth-order valence-corrected chi connectivity index (χ4v) is 1.52. The van der Waals surface area contributed by atoms with Crippen LogP contribution in [0.5, 0.6) is 0 Å². The van der Waals surface area contributed by atoms with Gasteiger partial charge in [0.15, 0.2) is 0 Å². The molecule has 0 bridgehead atoms. The van der Waals surface area contributed by atoms with Crippen LogP contribution in [0.4, 0.5) is 0 Å². The Bertz CT molecular complexity index is 373. The monoisotopic (exact) mass is 258 g/mol. The van der Waals surface area contributed by atoms with Gasteiger partial charge in [0.2, 0.25) is 0 Å². The Hall–Kier alpha value is -0.640. The van der Waals surface area contributed by atoms with Gasteiger partial charge in [0, 0.05) is 12.7 Å². The molecule has 1 rings (SSSR count). The number of aryl methyl sites for hydroxylation is 1. The van der Waals surface area contributed by atoms with Gasteiger partial charge >= 0.3 is 0 Å². The Morgan fingerprint density at radius 3 is 2.86 bits per heavy atom. The fraction of sp³-hybridized carbons (Fsp3) is 0.600. The molecule has 0 saturated heterocycles. The van der Waals surface area contributed by atoms with Gasteiger partial charge in [-0.2, -0.15) is 0 Å². The molecule has 1 heterocycles. The molecule has 4 heteroatoms. The second-order valence-electron chi connectivity index (χ2n) is 3.58. The average Bonchev–Trinajstić information content (AvgIpc) is 2.18. The molecule has 1 aromatic heterocycles. The van der Waals surface area contributed by atoms with E-state index in [1.54, 1.807) is 10.8 Å². The van der Waals surface area contributed by atoms with E-state index in [0.717, 1.165) is 18.8 Å². The van der Waals surface area contributed by atoms with Crippen LogP contribution < -0.4 is 5.56 Å². The van der Waals surface area contributed by atoms with Gasteiger partial charge in [0.1, 0.15) is 10.3 Å². The third kappa shape index (κ3) is 2.44. The first kappa shape index (κ1) is 11.4. The van der Waals surface area contributed by atoms with Gasteiger partial charge in [0.25, 0.3) is 5.56 Å². The molecule has 0 fully saturated rings. The predicted octanol–water partition coefficient (Wildman–Crippen LogP) is 2.36. The van der Waals surface area contributed by atoms with Gasteiger partial charge in [-0.05, 0) is 28.8 Å². The van der Waals surface area contributed by atoms with E-state index in [1.165, 1.54) is 0 Å². The topological polar surface area (TPSA) is 34.9 Å². The van der Waals surface area contributed by atoms with Crippen molar-refractivity contribution in [3.8, 4) is 0 Å². The fourth-order valence-electron chi connectivity index (χ4n) is 1.21. The lowest BCUT2D eigenvalue weighted by atomic mass is 10.1. The summed E-state index contributed by atoms with van der Waals surface area (Å²) in [5.74, 6) is 1.28. The third-order valence-corrected chi connectivity index (χ3v) is 2.94. The molecule has 0 aromatic carbocycles. The summed E-state index contributed by atoms with van der Waals surface area (Å²) in [7, 11) is 0. The maximum Gasteiger partial charge on any atom is 0.267 e. The summed E-state index contributed by atoms with van der Waals surface area (Å²) < 4.78 is 2.25. The molecule has 0 radical (unpaired) electrons. The van der Waals surface area contributed by atoms with E-state index in [9.17, 15) is 4.79 Å². The summed E-state index contributed by atoms with van der Waals surface area (Å²) in [5.41, 5.74) is 0.0119. The minimum Gasteiger partial charge on any atom is -0.296 e. The van der Waals surface area contributed by atoms with Crippen molar-refractivity contribution in [2.45, 2.75) is 33.7 Å². The highest BCUT2D eigenvalue weighted by atomic mass is 79.9. The van der Waals surface area contributed by atoms with Crippen LogP contribution in [0.2, 0.25) is 0 Å². The number of halogens is 1. The van der Waals surface area contributed by atoms with Crippen LogP contribution in [0.15, 0.2) is 15.5 Å². The highest BCUT2D eigenvalue weighted by Gasteiger charge is 2.07. The lowest BCUT2D eigenvalue weighted by Gasteiger charge is -2.13. The maximum atomic E-state index is 11.7. The van der Waals surface area contributed by atoms with Crippen LogP contribution in [0, 0.1) is 12.8 Å². The van der Waals surface area contributed by atoms with Crippen molar-refractivity contribution in [1.29, 1.82) is 0 Å². The quantitative estimate of drug-likeness (QED) is 0.835. The Morgan fingerprint density at radius 1 is 1.64 bits per heavy atom. The standard InChI is InChI=1S/C10H15BrN2O/c1-4-7(2)6-13-8(3)12-5-9(11)10(13)14/h5,7H,4,6H2,1-3H3. The van der Waals surface area contributed by atoms with E-state index in [1.807, 2.05) is 6.92 Å². The van der Waals surface area contributed by atoms with Crippen LogP contribution in [-0.4, -0.2) is 9.55 Å². The molecule has 0 N–H and O–H groups in total. The van der Waals surface area contributed by atoms with Crippen LogP contribution >= 0.6 is 15.9 Å². The molecule has 0 aliphatic carbocycles. The van der Waals surface area contributed by atoms with E-state index in [4.69, 9.17) is 0 Å². The van der Waals surface area contributed by atoms with Gasteiger partial charge < -0.3 is 0 Å². The summed E-state index contributed by atoms with van der Waals surface area (Å²) in [6.07, 6.45) is 2.63. The van der Waals surface area contributed by atoms with Crippen LogP contribution in [0.1, 0.15) is 26.1 Å². The second-order valence-corrected chi connectivity index (χ2v) is 4.44. The first-order valence-electron chi connectivity index (χ1n) is 4.78. The summed E-state index contributed by atoms with van der Waals surface area (Å²) >= 11 is 3.20. The third-order valence-electron chi connectivity index (χ3n) is 2.40. The van der Waals surface area contributed by atoms with Gasteiger partial charge in [-0.25, -0.2) is 4.98 Å². The molecule has 3 nitrogen and oxygen atoms in total. The minimum absolute atomic E-state index is 0.0119. The molecule has 0 aliphatic heterocycles. The predicted molar refractivity (Wildman–Crippen MR) is 60.4 cm³/mol. The van der Waals surface area contributed by atoms with Crippen LogP contribution in [0.3, 0.4) is 0 Å². The zero-order valence-corrected chi connectivity index (χ0v) is 10.3. The molecule has 78 valence electrons. The zero-order valence-electron chi connectivity index (χ0n) is 8.75. The SMILES string of the molecule is CCC(C)Cn1c(C)ncc(Br)c1=O. The molecule has 0 spiro atoms. The van der Waals surface area contributed by atoms with Gasteiger partial charge in [-0.15, -0.1) is 0 Å². The molecular weight excluding hydrogens is 244 g/mol. The highest BCUT2D eigenvalue weighted by Crippen LogP contribution is 2.07. The zero-order chi connectivity index (χ0) is 10.7. The van der Waals surface area contributed by atoms with Crippen molar-refractivity contribution in [1.82, 2.24) is 9.55 Å². The molecule has 1 atom stereocenters. The van der Waals surface area contributed by atoms with E-state index < -0.39 is 0 Å². The number of nitrogens with zero attached hydrogens (tertiary/aromatic N) is 2. The average molecular weight is 259 g/mol. The normalized spacial score (nSPS) is 12.9. The molecule has 0 amide bonds. The van der Waals surface area contributed by atoms with Crippen molar-refractivity contribution >= 4 is 15.9 Å². The summed E-state index contributed by atoms with van der Waals surface area (Å²) in [6, 6.07) is 0. The number of aromatic nitrogens is 2. The van der Waals surface area contributed by atoms with Gasteiger partial charge in [-0.1, -0.05) is 20.3 Å². The maximum absolute atomic E-state index is 11.7. The smallest absolute Gasteiger partial charge is 0.267 e. The lowest BCUT2D eigenvalue weighted by molar-refractivity contribution is 0.447. The first-order chi connectivity index (χ1) is 6.56. The Morgan fingerprint density at radius 2 is 2.29 bits per heavy atom. The van der Waals surface area contributed by atoms with Crippen molar-refractivity contribution in [2.24, 2.45) is 5.92 Å². The summed E-state index contributed by atoms with van der Waals surface area (Å²) in [4.78, 5) is 15.9. The molecule has 1 unspecified atom stereocenters. The number of hydrogen-bond acceptors (Lipinski definition) is 2. The van der Waals surface area contributed by atoms with Crippen LogP contribution in [0.25, 0.3) is 0 Å². The van der Waals surface area contributed by atoms with Crippen LogP contribution in [-0.2, 0) is 6.54 Å². The minimum atomic E-state index is 0.0119. The second kappa shape index (κ2) is 4.73. The van der Waals surface area contributed by atoms with E-state index in [-0.39, 0.29) is 5.56 Å². The van der Waals surface area contributed by atoms with Crippen molar-refractivity contribution in [3.63, 3.8) is 0 Å². The molecule has 14 heavy (non-hydrogen) atoms. The van der Waals surface area contributed by atoms with Gasteiger partial charge in [0.05, 0.1) is 0 Å². The molecule has 1 aromatic rings. The summed E-state index contributed by atoms with van der Waals surface area (Å²) in [6.45, 7) is 6.85. The van der Waals surface area contributed by atoms with E-state index in [2.05, 4.69) is 34.8 Å². The van der Waals surface area contributed by atoms with Gasteiger partial charge in [-0.3, -0.25) is 9.36 Å². The summed E-state index contributed by atoms with van der Waals surface area (Å²) in [5, 5.41) is 0. The lowest BCUT2D eigenvalue weighted by Crippen LogP contribution is -2.26. The van der Waals surface area contributed by atoms with E-state index >= 15 is 0 Å². The largest absolute Gasteiger partial charge is 0.296 e. The molecule has 0 saturated carbocycles. The van der Waals surface area contributed by atoms with Crippen molar-refractivity contribution < 1.29 is 0 Å². The van der Waals surface area contributed by atoms with Crippen molar-refractivity contribution in [2.75, 3.05) is 0 Å². The van der Waals surface area contributed by atoms with E-state index in [0.29, 0.717) is 10.4 Å². The number of rotatable bonds is 3. The Balaban J connectivity index is 3.07. The molecule has 0 aliphatic rings. The highest BCUT2D eigenvalue weighted by molar-refractivity contribution is 9.10.